The average molecular weight is 1430 g/mol. The standard InChI is InChI=1S/C71H83NO30/c1-33-47(99-67(88)52(76)51(44-24-18-15-19-25-44)72-57(78)45-26-20-16-21-27-45)31-71(89)56(101-66(87)46-28-22-17-23-29-46)54-69(14,55(77)53(98-42(10)74)50(33)68(71,12)13)48(30-49-70(54,32-90-49)102-43(11)75)100-65(86)41(9)97-64(85)40(8)96-63(84)39(7)95-62(83)38(6)94-61(82)37(5)93-60(81)36(4)92-59(80)35(3)91-58(79)34(2)73/h15-29,34-41,47-49,51-54,56,73,76,89H,30-32H2,1-14H3,(H,72,78)/t34?,35?,36?,37?,38?,39?,40?,41-,47+,48+,49-,51+,52-,53-,54+,56+,69-,70+,71-/m1/s1. The van der Waals surface area contributed by atoms with Crippen molar-refractivity contribution in [2.75, 3.05) is 6.61 Å². The van der Waals surface area contributed by atoms with Gasteiger partial charge >= 0.3 is 71.6 Å². The first kappa shape index (κ1) is 79.3. The van der Waals surface area contributed by atoms with Crippen LogP contribution in [0.15, 0.2) is 102 Å². The van der Waals surface area contributed by atoms with E-state index in [1.807, 2.05) is 0 Å². The second kappa shape index (κ2) is 32.3. The van der Waals surface area contributed by atoms with Crippen LogP contribution in [0.1, 0.15) is 142 Å². The Balaban J connectivity index is 1.14. The Bertz CT molecular complexity index is 3740. The minimum absolute atomic E-state index is 0.00925. The maximum absolute atomic E-state index is 16.5. The van der Waals surface area contributed by atoms with Crippen molar-refractivity contribution in [2.24, 2.45) is 16.7 Å². The van der Waals surface area contributed by atoms with Crippen LogP contribution >= 0.6 is 0 Å². The lowest BCUT2D eigenvalue weighted by atomic mass is 9.44. The fraction of sp³-hybridized carbons (Fsp3) is 0.521. The third kappa shape index (κ3) is 17.0. The van der Waals surface area contributed by atoms with Crippen molar-refractivity contribution in [2.45, 2.75) is 212 Å². The number of esters is 12. The number of ketones is 1. The Morgan fingerprint density at radius 3 is 1.36 bits per heavy atom. The lowest BCUT2D eigenvalue weighted by Crippen LogP contribution is -2.82. The molecule has 102 heavy (non-hydrogen) atoms. The Morgan fingerprint density at radius 1 is 0.529 bits per heavy atom. The monoisotopic (exact) mass is 1430 g/mol. The molecule has 3 aliphatic carbocycles. The second-order valence-electron chi connectivity index (χ2n) is 26.0. The number of nitrogens with one attached hydrogen (secondary N) is 1. The average Bonchev–Trinajstić information content (AvgIpc) is 0.668. The molecule has 1 heterocycles. The zero-order chi connectivity index (χ0) is 75.8. The molecule has 4 N–H and O–H groups in total. The van der Waals surface area contributed by atoms with E-state index in [-0.39, 0.29) is 27.8 Å². The minimum atomic E-state index is -2.67. The zero-order valence-electron chi connectivity index (χ0n) is 58.4. The number of Topliss-reactive ketones (excluding diaryl/α,β-unsaturated/α-hetero) is 1. The summed E-state index contributed by atoms with van der Waals surface area (Å²) >= 11 is 0. The predicted octanol–water partition coefficient (Wildman–Crippen LogP) is 3.19. The quantitative estimate of drug-likeness (QED) is 0.0509. The summed E-state index contributed by atoms with van der Waals surface area (Å²) in [4.78, 5) is 191. The fourth-order valence-electron chi connectivity index (χ4n) is 12.8. The number of carbonyl (C=O) groups is 14. The molecule has 3 fully saturated rings. The maximum atomic E-state index is 16.5. The third-order valence-electron chi connectivity index (χ3n) is 18.4. The molecule has 0 radical (unpaired) electrons. The van der Waals surface area contributed by atoms with E-state index in [1.165, 1.54) is 64.1 Å². The lowest BCUT2D eigenvalue weighted by Gasteiger charge is -2.67. The molecular weight excluding hydrogens is 1350 g/mol. The highest BCUT2D eigenvalue weighted by molar-refractivity contribution is 5.97. The van der Waals surface area contributed by atoms with Gasteiger partial charge in [0.25, 0.3) is 5.91 Å². The molecule has 0 spiro atoms. The summed E-state index contributed by atoms with van der Waals surface area (Å²) in [7, 11) is 0. The van der Waals surface area contributed by atoms with Crippen LogP contribution in [-0.4, -0.2) is 202 Å². The first-order chi connectivity index (χ1) is 47.7. The number of fused-ring (bicyclic) bond motifs is 5. The highest BCUT2D eigenvalue weighted by Gasteiger charge is 2.79. The first-order valence-electron chi connectivity index (χ1n) is 32.6. The van der Waals surface area contributed by atoms with Crippen molar-refractivity contribution in [1.29, 1.82) is 0 Å². The second-order valence-corrected chi connectivity index (χ2v) is 26.0. The molecule has 19 atom stereocenters. The first-order valence-corrected chi connectivity index (χ1v) is 32.6. The fourth-order valence-corrected chi connectivity index (χ4v) is 12.8. The largest absolute Gasteiger partial charge is 0.458 e. The Morgan fingerprint density at radius 2 is 0.951 bits per heavy atom. The molecule has 31 nitrogen and oxygen atoms in total. The number of ether oxygens (including phenoxy) is 13. The summed E-state index contributed by atoms with van der Waals surface area (Å²) in [6.07, 6.45) is -26.5. The van der Waals surface area contributed by atoms with Gasteiger partial charge in [-0.15, -0.1) is 0 Å². The van der Waals surface area contributed by atoms with Gasteiger partial charge in [-0.05, 0) is 110 Å². The molecule has 31 heteroatoms. The number of hydrogen-bond acceptors (Lipinski definition) is 30. The van der Waals surface area contributed by atoms with E-state index >= 15 is 4.79 Å². The minimum Gasteiger partial charge on any atom is -0.458 e. The number of aliphatic hydroxyl groups is 3. The topological polar surface area (TPSA) is 432 Å². The van der Waals surface area contributed by atoms with Gasteiger partial charge in [-0.25, -0.2) is 47.9 Å². The smallest absolute Gasteiger partial charge is 0.347 e. The third-order valence-corrected chi connectivity index (χ3v) is 18.4. The Hall–Kier alpha value is -9.98. The van der Waals surface area contributed by atoms with E-state index in [1.54, 1.807) is 54.6 Å². The van der Waals surface area contributed by atoms with Gasteiger partial charge in [0.15, 0.2) is 66.3 Å². The summed E-state index contributed by atoms with van der Waals surface area (Å²) in [6, 6.07) is 21.8. The number of carbonyl (C=O) groups excluding carboxylic acids is 14. The molecule has 552 valence electrons. The van der Waals surface area contributed by atoms with Crippen LogP contribution in [0, 0.1) is 16.7 Å². The Kier molecular flexibility index (Phi) is 25.2. The SMILES string of the molecule is CC(=O)O[C@H]1C(=O)[C@]2(C)[C@@H](OC(=O)[C@@H](C)OC(=O)C(C)OC(=O)C(C)OC(=O)C(C)OC(=O)C(C)OC(=O)C(C)OC(=O)C(C)OC(=O)C(C)O)C[C@H]3OC[C@@]3(OC(C)=O)[C@H]2[C@H](OC(=O)c2ccccc2)[C@]2(O)C[C@H](OC(=O)[C@H](O)[C@@H](NC(=O)c3ccccc3)c3ccccc3)C(C)=C1C2(C)C. The van der Waals surface area contributed by atoms with Gasteiger partial charge in [-0.2, -0.15) is 0 Å². The van der Waals surface area contributed by atoms with Crippen LogP contribution in [0.2, 0.25) is 0 Å². The van der Waals surface area contributed by atoms with Crippen molar-refractivity contribution in [1.82, 2.24) is 5.32 Å². The molecule has 2 saturated carbocycles. The molecule has 7 rings (SSSR count). The van der Waals surface area contributed by atoms with Crippen LogP contribution < -0.4 is 5.32 Å². The van der Waals surface area contributed by atoms with Crippen molar-refractivity contribution in [3.05, 3.63) is 119 Å². The summed E-state index contributed by atoms with van der Waals surface area (Å²) in [6.45, 7) is 15.4. The van der Waals surface area contributed by atoms with Crippen molar-refractivity contribution in [3.8, 4) is 0 Å². The summed E-state index contributed by atoms with van der Waals surface area (Å²) < 4.78 is 72.4. The zero-order valence-corrected chi connectivity index (χ0v) is 58.4. The van der Waals surface area contributed by atoms with Crippen molar-refractivity contribution >= 4 is 83.3 Å². The van der Waals surface area contributed by atoms with Crippen LogP contribution in [0.4, 0.5) is 0 Å². The molecule has 2 bridgehead atoms. The Labute approximate surface area is 585 Å². The van der Waals surface area contributed by atoms with E-state index in [9.17, 15) is 77.6 Å². The molecule has 7 unspecified atom stereocenters. The van der Waals surface area contributed by atoms with Gasteiger partial charge in [0, 0.05) is 37.7 Å². The number of aliphatic hydroxyl groups excluding tert-OH is 2. The van der Waals surface area contributed by atoms with Crippen LogP contribution in [-0.2, 0) is 119 Å². The highest BCUT2D eigenvalue weighted by Crippen LogP contribution is 2.65. The lowest BCUT2D eigenvalue weighted by molar-refractivity contribution is -0.346. The number of amides is 1. The molecule has 4 aliphatic rings. The van der Waals surface area contributed by atoms with Crippen molar-refractivity contribution < 1.29 is 144 Å². The summed E-state index contributed by atoms with van der Waals surface area (Å²) in [5.74, 6) is -18.6. The highest BCUT2D eigenvalue weighted by atomic mass is 16.7. The molecule has 3 aromatic rings. The van der Waals surface area contributed by atoms with Crippen LogP contribution in [0.3, 0.4) is 0 Å². The van der Waals surface area contributed by atoms with Crippen LogP contribution in [0.25, 0.3) is 0 Å². The van der Waals surface area contributed by atoms with E-state index in [4.69, 9.17) is 61.6 Å². The number of benzene rings is 3. The molecule has 1 amide bonds. The van der Waals surface area contributed by atoms with Gasteiger partial charge < -0.3 is 82.2 Å². The van der Waals surface area contributed by atoms with Gasteiger partial charge in [-0.3, -0.25) is 19.2 Å². The summed E-state index contributed by atoms with van der Waals surface area (Å²) in [5.41, 5.74) is -9.01. The van der Waals surface area contributed by atoms with Gasteiger partial charge in [-0.1, -0.05) is 80.6 Å². The molecule has 1 saturated heterocycles. The van der Waals surface area contributed by atoms with E-state index in [2.05, 4.69) is 5.32 Å². The number of hydrogen-bond donors (Lipinski definition) is 4. The number of rotatable bonds is 26. The molecule has 3 aromatic carbocycles. The van der Waals surface area contributed by atoms with E-state index < -0.39 is 222 Å². The summed E-state index contributed by atoms with van der Waals surface area (Å²) in [5, 5.41) is 38.3. The van der Waals surface area contributed by atoms with Gasteiger partial charge in [0.1, 0.15) is 36.1 Å². The molecule has 0 aromatic heterocycles. The van der Waals surface area contributed by atoms with E-state index in [0.717, 1.165) is 69.2 Å². The molecule has 1 aliphatic heterocycles. The molecular formula is C71H83NO30. The van der Waals surface area contributed by atoms with Crippen LogP contribution in [0.5, 0.6) is 0 Å². The maximum Gasteiger partial charge on any atom is 0.347 e. The van der Waals surface area contributed by atoms with Gasteiger partial charge in [0.05, 0.1) is 29.5 Å². The van der Waals surface area contributed by atoms with Gasteiger partial charge in [0.2, 0.25) is 0 Å². The normalized spacial score (nSPS) is 26.0. The van der Waals surface area contributed by atoms with Crippen molar-refractivity contribution in [3.63, 3.8) is 0 Å². The van der Waals surface area contributed by atoms with E-state index in [0.29, 0.717) is 0 Å². The predicted molar refractivity (Wildman–Crippen MR) is 342 cm³/mol.